The fraction of sp³-hybridized carbons (Fsp3) is 0.909. The van der Waals surface area contributed by atoms with Gasteiger partial charge in [0, 0.05) is 0 Å². The van der Waals surface area contributed by atoms with Crippen LogP contribution < -0.4 is 0 Å². The molecular weight excluding hydrogens is 648 g/mol. The summed E-state index contributed by atoms with van der Waals surface area (Å²) in [6, 6.07) is 0. The zero-order valence-electron chi connectivity index (χ0n) is 21.6. The van der Waals surface area contributed by atoms with Gasteiger partial charge in [0.15, 0.2) is 0 Å². The second kappa shape index (κ2) is 23.3. The van der Waals surface area contributed by atoms with E-state index >= 15 is 0 Å². The molecule has 0 aromatic rings. The van der Waals surface area contributed by atoms with E-state index in [1.54, 1.807) is 49.3 Å². The molecule has 0 aliphatic rings. The van der Waals surface area contributed by atoms with Crippen molar-refractivity contribution in [2.24, 2.45) is 0 Å². The second-order valence-corrected chi connectivity index (χ2v) is 14.3. The van der Waals surface area contributed by atoms with Crippen LogP contribution >= 0.6 is 53.4 Å². The van der Waals surface area contributed by atoms with Crippen LogP contribution in [0.5, 0.6) is 0 Å². The first kappa shape index (κ1) is 36.4. The first-order valence-corrected chi connectivity index (χ1v) is 15.6. The molecule has 0 rings (SSSR count). The van der Waals surface area contributed by atoms with Crippen LogP contribution in [-0.2, 0) is 47.5 Å². The molecule has 0 saturated carbocycles. The van der Waals surface area contributed by atoms with Crippen LogP contribution in [0.25, 0.3) is 0 Å². The molecule has 10 nitrogen and oxygen atoms in total. The third-order valence-electron chi connectivity index (χ3n) is 3.73. The Kier molecular flexibility index (Phi) is 23.5. The molecule has 0 amide bonds. The lowest BCUT2D eigenvalue weighted by molar-refractivity contribution is -0.147. The van der Waals surface area contributed by atoms with E-state index in [0.29, 0.717) is 77.9 Å². The molecule has 0 fully saturated rings. The van der Waals surface area contributed by atoms with Crippen molar-refractivity contribution >= 4 is 65.4 Å². The Bertz CT molecular complexity index is 512. The predicted octanol–water partition coefficient (Wildman–Crippen LogP) is 3.82. The highest BCUT2D eigenvalue weighted by Gasteiger charge is 2.25. The Hall–Kier alpha value is 0.360. The fourth-order valence-electron chi connectivity index (χ4n) is 1.86. The maximum Gasteiger partial charge on any atom is 0.322 e. The number of carbonyl (C=O) groups is 2. The molecule has 0 aromatic carbocycles. The molecule has 0 aliphatic carbocycles. The number of halogens is 2. The number of alkyl halides is 2. The van der Waals surface area contributed by atoms with Gasteiger partial charge in [-0.3, -0.25) is 9.59 Å². The molecule has 0 bridgehead atoms. The summed E-state index contributed by atoms with van der Waals surface area (Å²) in [5.74, 6) is 0.448. The second-order valence-electron chi connectivity index (χ2n) is 7.95. The van der Waals surface area contributed by atoms with Crippen molar-refractivity contribution in [2.45, 2.75) is 36.3 Å². The first-order chi connectivity index (χ1) is 17.0. The quantitative estimate of drug-likeness (QED) is 0.0458. The zero-order valence-corrected chi connectivity index (χ0v) is 26.4. The van der Waals surface area contributed by atoms with E-state index in [9.17, 15) is 9.59 Å². The molecule has 0 radical (unpaired) electrons. The monoisotopic (exact) mass is 686 g/mol. The van der Waals surface area contributed by atoms with E-state index in [1.807, 2.05) is 0 Å². The van der Waals surface area contributed by atoms with Gasteiger partial charge >= 0.3 is 11.9 Å². The molecule has 36 heavy (non-hydrogen) atoms. The summed E-state index contributed by atoms with van der Waals surface area (Å²) in [6.07, 6.45) is 0. The van der Waals surface area contributed by atoms with Gasteiger partial charge in [0.2, 0.25) is 0 Å². The normalized spacial score (nSPS) is 12.1. The van der Waals surface area contributed by atoms with Crippen molar-refractivity contribution in [3.63, 3.8) is 0 Å². The van der Waals surface area contributed by atoms with Crippen LogP contribution in [0.2, 0.25) is 0 Å². The van der Waals surface area contributed by atoms with Gasteiger partial charge in [-0.15, -0.1) is 0 Å². The van der Waals surface area contributed by atoms with E-state index in [4.69, 9.17) is 37.9 Å². The summed E-state index contributed by atoms with van der Waals surface area (Å²) < 4.78 is 41.1. The molecule has 0 heterocycles. The Morgan fingerprint density at radius 1 is 0.500 bits per heavy atom. The number of rotatable bonds is 25. The van der Waals surface area contributed by atoms with Gasteiger partial charge in [-0.2, -0.15) is 0 Å². The van der Waals surface area contributed by atoms with Crippen molar-refractivity contribution in [3.05, 3.63) is 0 Å². The van der Waals surface area contributed by atoms with E-state index in [-0.39, 0.29) is 25.2 Å². The Morgan fingerprint density at radius 2 is 0.750 bits per heavy atom. The fourth-order valence-corrected chi connectivity index (χ4v) is 3.42. The molecule has 214 valence electrons. The van der Waals surface area contributed by atoms with Gasteiger partial charge in [0.1, 0.15) is 33.7 Å². The highest BCUT2D eigenvalue weighted by Crippen LogP contribution is 2.21. The molecular formula is C22H40Br2O10S2. The smallest absolute Gasteiger partial charge is 0.322 e. The number of esters is 2. The topological polar surface area (TPSA) is 108 Å². The largest absolute Gasteiger partial charge is 0.462 e. The molecule has 0 unspecified atom stereocenters. The standard InChI is InChI=1S/C22H40Br2O10S2/c1-21(2,23)19(25)33-15-13-29-7-5-27-9-11-31-17-35-36-18-32-12-10-28-6-8-30-14-16-34-20(26)22(3,4)24/h5-18H2,1-4H3. The van der Waals surface area contributed by atoms with E-state index in [0.717, 1.165) is 0 Å². The summed E-state index contributed by atoms with van der Waals surface area (Å²) in [4.78, 5) is 23.0. The van der Waals surface area contributed by atoms with Gasteiger partial charge in [0.25, 0.3) is 0 Å². The number of hydrogen-bond acceptors (Lipinski definition) is 12. The summed E-state index contributed by atoms with van der Waals surface area (Å²) in [5.41, 5.74) is 0. The summed E-state index contributed by atoms with van der Waals surface area (Å²) in [6.45, 7) is 11.8. The molecule has 0 N–H and O–H groups in total. The van der Waals surface area contributed by atoms with E-state index in [2.05, 4.69) is 31.9 Å². The minimum Gasteiger partial charge on any atom is -0.462 e. The third kappa shape index (κ3) is 24.7. The van der Waals surface area contributed by atoms with Gasteiger partial charge in [0.05, 0.1) is 66.1 Å². The molecule has 0 aliphatic heterocycles. The molecule has 0 spiro atoms. The zero-order chi connectivity index (χ0) is 27.1. The lowest BCUT2D eigenvalue weighted by Gasteiger charge is -2.14. The SMILES string of the molecule is CC(C)(Br)C(=O)OCCOCCOCCOCSSCOCCOCCOCCOC(=O)C(C)(C)Br. The minimum atomic E-state index is -0.682. The van der Waals surface area contributed by atoms with Crippen molar-refractivity contribution in [2.75, 3.05) is 91.2 Å². The van der Waals surface area contributed by atoms with Gasteiger partial charge < -0.3 is 37.9 Å². The van der Waals surface area contributed by atoms with Crippen LogP contribution in [0.15, 0.2) is 0 Å². The Balaban J connectivity index is 3.17. The Labute approximate surface area is 239 Å². The molecule has 0 aromatic heterocycles. The van der Waals surface area contributed by atoms with E-state index < -0.39 is 8.65 Å². The number of ether oxygens (including phenoxy) is 8. The highest BCUT2D eigenvalue weighted by molar-refractivity contribution is 9.10. The maximum atomic E-state index is 11.5. The minimum absolute atomic E-state index is 0.218. The number of carbonyl (C=O) groups excluding carboxylic acids is 2. The summed E-state index contributed by atoms with van der Waals surface area (Å²) >= 11 is 6.48. The van der Waals surface area contributed by atoms with Gasteiger partial charge in [-0.25, -0.2) is 0 Å². The molecule has 0 atom stereocenters. The van der Waals surface area contributed by atoms with Crippen molar-refractivity contribution in [3.8, 4) is 0 Å². The predicted molar refractivity (Wildman–Crippen MR) is 148 cm³/mol. The van der Waals surface area contributed by atoms with Crippen molar-refractivity contribution < 1.29 is 47.5 Å². The lowest BCUT2D eigenvalue weighted by Crippen LogP contribution is -2.27. The average Bonchev–Trinajstić information content (AvgIpc) is 2.80. The molecule has 0 saturated heterocycles. The average molecular weight is 688 g/mol. The lowest BCUT2D eigenvalue weighted by atomic mass is 10.2. The maximum absolute atomic E-state index is 11.5. The number of hydrogen-bond donors (Lipinski definition) is 0. The summed E-state index contributed by atoms with van der Waals surface area (Å²) in [5, 5.41) is 0. The van der Waals surface area contributed by atoms with Crippen molar-refractivity contribution in [1.29, 1.82) is 0 Å². The highest BCUT2D eigenvalue weighted by atomic mass is 79.9. The van der Waals surface area contributed by atoms with Crippen LogP contribution in [0.3, 0.4) is 0 Å². The first-order valence-electron chi connectivity index (χ1n) is 11.5. The van der Waals surface area contributed by atoms with Crippen LogP contribution in [-0.4, -0.2) is 112 Å². The van der Waals surface area contributed by atoms with E-state index in [1.165, 1.54) is 0 Å². The van der Waals surface area contributed by atoms with Gasteiger partial charge in [-0.05, 0) is 27.7 Å². The third-order valence-corrected chi connectivity index (χ3v) is 6.14. The van der Waals surface area contributed by atoms with Crippen molar-refractivity contribution in [1.82, 2.24) is 0 Å². The van der Waals surface area contributed by atoms with Crippen LogP contribution in [0.4, 0.5) is 0 Å². The Morgan fingerprint density at radius 3 is 1.03 bits per heavy atom. The molecule has 14 heteroatoms. The van der Waals surface area contributed by atoms with Crippen LogP contribution in [0, 0.1) is 0 Å². The summed E-state index contributed by atoms with van der Waals surface area (Å²) in [7, 11) is 3.12. The van der Waals surface area contributed by atoms with Gasteiger partial charge in [-0.1, -0.05) is 53.4 Å². The van der Waals surface area contributed by atoms with Crippen LogP contribution in [0.1, 0.15) is 27.7 Å².